The Morgan fingerprint density at radius 3 is 2.16 bits per heavy atom. The van der Waals surface area contributed by atoms with Crippen LogP contribution in [0.1, 0.15) is 92.9 Å². The summed E-state index contributed by atoms with van der Waals surface area (Å²) < 4.78 is 0. The molecule has 12 atom stereocenters. The van der Waals surface area contributed by atoms with Crippen LogP contribution >= 0.6 is 0 Å². The van der Waals surface area contributed by atoms with Crippen LogP contribution in [0.3, 0.4) is 0 Å². The van der Waals surface area contributed by atoms with E-state index in [2.05, 4.69) is 34.6 Å². The molecule has 4 fully saturated rings. The molecule has 0 aromatic carbocycles. The van der Waals surface area contributed by atoms with Crippen molar-refractivity contribution in [3.63, 3.8) is 0 Å². The molecule has 0 aliphatic heterocycles. The van der Waals surface area contributed by atoms with Crippen molar-refractivity contribution in [2.24, 2.45) is 58.2 Å². The lowest BCUT2D eigenvalue weighted by Gasteiger charge is -2.60. The molecule has 184 valence electrons. The third-order valence-electron chi connectivity index (χ3n) is 11.6. The van der Waals surface area contributed by atoms with Crippen LogP contribution in [-0.2, 0) is 4.79 Å². The van der Waals surface area contributed by atoms with Gasteiger partial charge in [-0.2, -0.15) is 0 Å². The molecular weight excluding hydrogens is 400 g/mol. The number of Topliss-reactive ketones (excluding diaryl/α,β-unsaturated/α-hetero) is 1. The number of fused-ring (bicyclic) bond motifs is 5. The molecule has 4 aliphatic rings. The summed E-state index contributed by atoms with van der Waals surface area (Å²) in [6.07, 6.45) is 6.05. The minimum atomic E-state index is -0.694. The maximum atomic E-state index is 13.3. The highest BCUT2D eigenvalue weighted by atomic mass is 16.3. The number of aliphatic hydroxyl groups excluding tert-OH is 3. The van der Waals surface area contributed by atoms with Crippen molar-refractivity contribution in [2.75, 3.05) is 0 Å². The molecule has 4 saturated carbocycles. The summed E-state index contributed by atoms with van der Waals surface area (Å²) >= 11 is 0. The number of carbonyl (C=O) groups is 1. The predicted molar refractivity (Wildman–Crippen MR) is 127 cm³/mol. The van der Waals surface area contributed by atoms with Crippen molar-refractivity contribution in [1.82, 2.24) is 0 Å². The summed E-state index contributed by atoms with van der Waals surface area (Å²) in [6.45, 7) is 13.2. The van der Waals surface area contributed by atoms with Gasteiger partial charge in [-0.15, -0.1) is 0 Å². The molecule has 4 heteroatoms. The van der Waals surface area contributed by atoms with Crippen LogP contribution in [0.2, 0.25) is 0 Å². The van der Waals surface area contributed by atoms with E-state index in [-0.39, 0.29) is 34.7 Å². The van der Waals surface area contributed by atoms with Crippen LogP contribution in [0.4, 0.5) is 0 Å². The molecule has 32 heavy (non-hydrogen) atoms. The molecule has 0 heterocycles. The molecule has 0 radical (unpaired) electrons. The third-order valence-corrected chi connectivity index (χ3v) is 11.6. The van der Waals surface area contributed by atoms with Gasteiger partial charge in [-0.3, -0.25) is 4.79 Å². The van der Waals surface area contributed by atoms with Crippen LogP contribution in [-0.4, -0.2) is 39.4 Å². The molecule has 0 aromatic rings. The van der Waals surface area contributed by atoms with Gasteiger partial charge >= 0.3 is 0 Å². The zero-order valence-corrected chi connectivity index (χ0v) is 21.3. The van der Waals surface area contributed by atoms with E-state index in [4.69, 9.17) is 0 Å². The quantitative estimate of drug-likeness (QED) is 0.563. The van der Waals surface area contributed by atoms with E-state index in [0.717, 1.165) is 38.5 Å². The van der Waals surface area contributed by atoms with Gasteiger partial charge in [-0.05, 0) is 97.2 Å². The Labute approximate surface area is 195 Å². The monoisotopic (exact) mass is 448 g/mol. The van der Waals surface area contributed by atoms with Gasteiger partial charge < -0.3 is 15.3 Å². The molecule has 0 amide bonds. The van der Waals surface area contributed by atoms with Gasteiger partial charge in [0.1, 0.15) is 5.78 Å². The lowest BCUT2D eigenvalue weighted by atomic mass is 9.44. The van der Waals surface area contributed by atoms with Crippen LogP contribution in [0, 0.1) is 58.2 Å². The van der Waals surface area contributed by atoms with Crippen molar-refractivity contribution in [2.45, 2.75) is 111 Å². The van der Waals surface area contributed by atoms with Crippen LogP contribution in [0.5, 0.6) is 0 Å². The lowest BCUT2D eigenvalue weighted by Crippen LogP contribution is -2.57. The third kappa shape index (κ3) is 3.71. The maximum Gasteiger partial charge on any atom is 0.136 e. The largest absolute Gasteiger partial charge is 0.393 e. The first-order chi connectivity index (χ1) is 14.9. The van der Waals surface area contributed by atoms with E-state index in [9.17, 15) is 20.1 Å². The Hall–Kier alpha value is -0.450. The molecule has 0 aromatic heterocycles. The fourth-order valence-corrected chi connectivity index (χ4v) is 9.18. The van der Waals surface area contributed by atoms with Gasteiger partial charge in [-0.25, -0.2) is 0 Å². The predicted octanol–water partition coefficient (Wildman–Crippen LogP) is 4.84. The molecule has 0 spiro atoms. The fourth-order valence-electron chi connectivity index (χ4n) is 9.18. The molecule has 3 N–H and O–H groups in total. The summed E-state index contributed by atoms with van der Waals surface area (Å²) in [5.41, 5.74) is 0.187. The minimum Gasteiger partial charge on any atom is -0.393 e. The molecule has 0 bridgehead atoms. The van der Waals surface area contributed by atoms with Crippen LogP contribution in [0.15, 0.2) is 0 Å². The lowest BCUT2D eigenvalue weighted by molar-refractivity contribution is -0.161. The number of aliphatic hydroxyl groups is 3. The minimum absolute atomic E-state index is 0.0440. The molecular formula is C28H48O4. The summed E-state index contributed by atoms with van der Waals surface area (Å²) in [5.74, 6) is 2.88. The standard InChI is InChI=1S/C28H48O4/c1-15(2)16(3)25(31)26(32)17(4)20-7-8-21-19-14-24(30)23-13-18(29)9-11-28(23,6)22(19)10-12-27(20,21)5/h15-23,25-26,29,31-32H,7-14H2,1-6H3/t16-,17+,18-,19-,20+,21-,22-,23+,25+,26+,27+,28+/m0/s1. The van der Waals surface area contributed by atoms with Gasteiger partial charge in [0.25, 0.3) is 0 Å². The number of hydrogen-bond donors (Lipinski definition) is 3. The van der Waals surface area contributed by atoms with Crippen LogP contribution < -0.4 is 0 Å². The Kier molecular flexibility index (Phi) is 6.66. The topological polar surface area (TPSA) is 77.8 Å². The van der Waals surface area contributed by atoms with Gasteiger partial charge in [0.2, 0.25) is 0 Å². The smallest absolute Gasteiger partial charge is 0.136 e. The Bertz CT molecular complexity index is 706. The number of hydrogen-bond acceptors (Lipinski definition) is 4. The Morgan fingerprint density at radius 2 is 1.50 bits per heavy atom. The maximum absolute atomic E-state index is 13.3. The first-order valence-electron chi connectivity index (χ1n) is 13.5. The van der Waals surface area contributed by atoms with Crippen molar-refractivity contribution in [3.05, 3.63) is 0 Å². The number of ketones is 1. The molecule has 4 rings (SSSR count). The van der Waals surface area contributed by atoms with E-state index < -0.39 is 12.2 Å². The second kappa shape index (κ2) is 8.64. The molecule has 0 unspecified atom stereocenters. The first-order valence-corrected chi connectivity index (χ1v) is 13.5. The molecule has 0 saturated heterocycles. The highest BCUT2D eigenvalue weighted by Gasteiger charge is 2.63. The SMILES string of the molecule is CC(C)[C@H](C)[C@@H](O)[C@H](O)[C@H](C)[C@H]1CC[C@H]2[C@@H]3CC(=O)[C@H]4C[C@@H](O)CC[C@]4(C)[C@H]3CC[C@]12C. The highest BCUT2D eigenvalue weighted by Crippen LogP contribution is 2.67. The van der Waals surface area contributed by atoms with Crippen LogP contribution in [0.25, 0.3) is 0 Å². The Balaban J connectivity index is 1.54. The highest BCUT2D eigenvalue weighted by molar-refractivity contribution is 5.83. The van der Waals surface area contributed by atoms with E-state index >= 15 is 0 Å². The fraction of sp³-hybridized carbons (Fsp3) is 0.964. The van der Waals surface area contributed by atoms with Crippen molar-refractivity contribution in [3.8, 4) is 0 Å². The molecule has 4 nitrogen and oxygen atoms in total. The Morgan fingerprint density at radius 1 is 0.875 bits per heavy atom. The summed E-state index contributed by atoms with van der Waals surface area (Å²) in [7, 11) is 0. The average Bonchev–Trinajstić information content (AvgIpc) is 3.10. The van der Waals surface area contributed by atoms with Gasteiger partial charge in [0.05, 0.1) is 18.3 Å². The van der Waals surface area contributed by atoms with E-state index in [1.54, 1.807) is 0 Å². The van der Waals surface area contributed by atoms with Gasteiger partial charge in [-0.1, -0.05) is 41.5 Å². The number of carbonyl (C=O) groups excluding carboxylic acids is 1. The van der Waals surface area contributed by atoms with E-state index in [1.165, 1.54) is 0 Å². The summed E-state index contributed by atoms with van der Waals surface area (Å²) in [4.78, 5) is 13.3. The van der Waals surface area contributed by atoms with Gasteiger partial charge in [0.15, 0.2) is 0 Å². The van der Waals surface area contributed by atoms with Crippen molar-refractivity contribution >= 4 is 5.78 Å². The second-order valence-electron chi connectivity index (χ2n) is 13.2. The zero-order valence-electron chi connectivity index (χ0n) is 21.3. The summed E-state index contributed by atoms with van der Waals surface area (Å²) in [5, 5.41) is 32.2. The molecule has 4 aliphatic carbocycles. The number of rotatable bonds is 5. The first kappa shape index (κ1) is 24.7. The van der Waals surface area contributed by atoms with Gasteiger partial charge in [0, 0.05) is 12.3 Å². The normalized spacial score (nSPS) is 47.9. The van der Waals surface area contributed by atoms with Crippen molar-refractivity contribution < 1.29 is 20.1 Å². The summed E-state index contributed by atoms with van der Waals surface area (Å²) in [6, 6.07) is 0. The second-order valence-corrected chi connectivity index (χ2v) is 13.2. The average molecular weight is 449 g/mol. The van der Waals surface area contributed by atoms with Crippen molar-refractivity contribution in [1.29, 1.82) is 0 Å². The zero-order chi connectivity index (χ0) is 23.6. The van der Waals surface area contributed by atoms with E-state index in [0.29, 0.717) is 48.2 Å². The van der Waals surface area contributed by atoms with E-state index in [1.807, 2.05) is 6.92 Å².